The predicted octanol–water partition coefficient (Wildman–Crippen LogP) is 5.60. The Morgan fingerprint density at radius 3 is 2.00 bits per heavy atom. The van der Waals surface area contributed by atoms with Crippen LogP contribution >= 0.6 is 0 Å². The van der Waals surface area contributed by atoms with Crippen molar-refractivity contribution in [1.82, 2.24) is 0 Å². The fourth-order valence-electron chi connectivity index (χ4n) is 4.85. The summed E-state index contributed by atoms with van der Waals surface area (Å²) >= 11 is 0. The highest BCUT2D eigenvalue weighted by Crippen LogP contribution is 2.63. The van der Waals surface area contributed by atoms with E-state index in [0.29, 0.717) is 6.42 Å². The number of benzene rings is 1. The molecule has 1 heterocycles. The lowest BCUT2D eigenvalue weighted by Gasteiger charge is -2.51. The molecule has 2 atom stereocenters. The molecule has 0 aromatic heterocycles. The summed E-state index contributed by atoms with van der Waals surface area (Å²) in [6, 6.07) is 7.54. The van der Waals surface area contributed by atoms with Crippen molar-refractivity contribution in [1.29, 1.82) is 0 Å². The van der Waals surface area contributed by atoms with Gasteiger partial charge in [-0.05, 0) is 25.7 Å². The van der Waals surface area contributed by atoms with Crippen LogP contribution in [0.5, 0.6) is 0 Å². The minimum absolute atomic E-state index is 0.0732. The average Bonchev–Trinajstić information content (AvgIpc) is 3.02. The van der Waals surface area contributed by atoms with Gasteiger partial charge in [0.15, 0.2) is 0 Å². The third kappa shape index (κ3) is 2.53. The van der Waals surface area contributed by atoms with Crippen LogP contribution in [0.3, 0.4) is 0 Å². The van der Waals surface area contributed by atoms with Crippen molar-refractivity contribution in [3.8, 4) is 0 Å². The van der Waals surface area contributed by atoms with Gasteiger partial charge in [-0.1, -0.05) is 56.0 Å². The highest BCUT2D eigenvalue weighted by Gasteiger charge is 2.73. The first-order valence-electron chi connectivity index (χ1n) is 9.13. The van der Waals surface area contributed by atoms with Crippen molar-refractivity contribution in [2.75, 3.05) is 0 Å². The van der Waals surface area contributed by atoms with E-state index in [1.807, 2.05) is 0 Å². The Morgan fingerprint density at radius 2 is 1.36 bits per heavy atom. The van der Waals surface area contributed by atoms with Gasteiger partial charge in [-0.15, -0.1) is 0 Å². The maximum absolute atomic E-state index is 14.1. The average molecular weight is 356 g/mol. The maximum Gasteiger partial charge on any atom is 0.451 e. The Hall–Kier alpha value is -1.11. The van der Waals surface area contributed by atoms with Gasteiger partial charge >= 0.3 is 12.0 Å². The lowest BCUT2D eigenvalue weighted by molar-refractivity contribution is -0.425. The lowest BCUT2D eigenvalue weighted by Crippen LogP contribution is -2.55. The van der Waals surface area contributed by atoms with Gasteiger partial charge in [-0.3, -0.25) is 0 Å². The number of halogens is 3. The van der Waals surface area contributed by atoms with E-state index in [2.05, 4.69) is 0 Å². The Bertz CT molecular complexity index is 604. The van der Waals surface area contributed by atoms with Crippen LogP contribution in [-0.4, -0.2) is 12.0 Å². The predicted molar refractivity (Wildman–Crippen MR) is 84.1 cm³/mol. The maximum atomic E-state index is 14.1. The monoisotopic (exact) mass is 356 g/mol. The molecule has 6 heteroatoms. The zero-order valence-electron chi connectivity index (χ0n) is 14.1. The van der Waals surface area contributed by atoms with Crippen LogP contribution in [0.4, 0.5) is 13.2 Å². The van der Waals surface area contributed by atoms with E-state index >= 15 is 0 Å². The van der Waals surface area contributed by atoms with Crippen LogP contribution in [0.15, 0.2) is 30.3 Å². The van der Waals surface area contributed by atoms with Crippen LogP contribution in [0.2, 0.25) is 0 Å². The van der Waals surface area contributed by atoms with E-state index in [1.54, 1.807) is 18.2 Å². The molecule has 2 spiro atoms. The second kappa shape index (κ2) is 5.96. The normalized spacial score (nSPS) is 35.3. The molecule has 2 saturated carbocycles. The van der Waals surface area contributed by atoms with E-state index in [-0.39, 0.29) is 11.0 Å². The first kappa shape index (κ1) is 17.3. The number of fused-ring (bicyclic) bond motifs is 1. The topological polar surface area (TPSA) is 27.7 Å². The lowest BCUT2D eigenvalue weighted by atomic mass is 9.61. The number of hydrogen-bond acceptors (Lipinski definition) is 3. The number of rotatable bonds is 1. The first-order valence-corrected chi connectivity index (χ1v) is 9.13. The van der Waals surface area contributed by atoms with E-state index in [9.17, 15) is 13.2 Å². The number of alkyl halides is 3. The molecule has 3 fully saturated rings. The Labute approximate surface area is 145 Å². The number of hydrogen-bond donors (Lipinski definition) is 0. The molecule has 4 rings (SSSR count). The van der Waals surface area contributed by atoms with Gasteiger partial charge in [0, 0.05) is 17.4 Å². The smallest absolute Gasteiger partial charge is 0.301 e. The molecule has 0 radical (unpaired) electrons. The van der Waals surface area contributed by atoms with Crippen LogP contribution in [0.1, 0.15) is 63.4 Å². The minimum Gasteiger partial charge on any atom is -0.301 e. The van der Waals surface area contributed by atoms with Crippen molar-refractivity contribution in [3.63, 3.8) is 0 Å². The van der Waals surface area contributed by atoms with Gasteiger partial charge in [0.2, 0.25) is 5.79 Å². The molecule has 0 amide bonds. The van der Waals surface area contributed by atoms with E-state index < -0.39 is 17.8 Å². The Kier molecular flexibility index (Phi) is 4.13. The van der Waals surface area contributed by atoms with Crippen molar-refractivity contribution in [2.24, 2.45) is 5.41 Å². The molecular formula is C19H23F3O3. The molecule has 1 aliphatic heterocycles. The molecule has 3 nitrogen and oxygen atoms in total. The van der Waals surface area contributed by atoms with Crippen LogP contribution in [0, 0.1) is 5.41 Å². The summed E-state index contributed by atoms with van der Waals surface area (Å²) in [7, 11) is 0. The molecule has 3 aliphatic rings. The van der Waals surface area contributed by atoms with Gasteiger partial charge in [0.25, 0.3) is 0 Å². The van der Waals surface area contributed by atoms with Crippen LogP contribution in [0.25, 0.3) is 0 Å². The summed E-state index contributed by atoms with van der Waals surface area (Å²) in [6.45, 7) is 0. The zero-order chi connectivity index (χ0) is 17.6. The fraction of sp³-hybridized carbons (Fsp3) is 0.684. The van der Waals surface area contributed by atoms with Gasteiger partial charge in [0.05, 0.1) is 0 Å². The second-order valence-corrected chi connectivity index (χ2v) is 7.55. The van der Waals surface area contributed by atoms with Crippen molar-refractivity contribution in [2.45, 2.75) is 75.5 Å². The van der Waals surface area contributed by atoms with Crippen molar-refractivity contribution < 1.29 is 27.7 Å². The second-order valence-electron chi connectivity index (χ2n) is 7.55. The summed E-state index contributed by atoms with van der Waals surface area (Å²) in [5.74, 6) is -4.16. The molecule has 138 valence electrons. The Balaban J connectivity index is 1.76. The van der Waals surface area contributed by atoms with Crippen LogP contribution < -0.4 is 0 Å². The molecular weight excluding hydrogens is 333 g/mol. The molecule has 2 unspecified atom stereocenters. The van der Waals surface area contributed by atoms with E-state index in [1.165, 1.54) is 12.1 Å². The van der Waals surface area contributed by atoms with E-state index in [4.69, 9.17) is 14.5 Å². The largest absolute Gasteiger partial charge is 0.451 e. The SMILES string of the molecule is FC(F)(F)C1(c2ccccc2)OOC2(CCCCC23CCCCC3)O1. The third-order valence-electron chi connectivity index (χ3n) is 6.16. The van der Waals surface area contributed by atoms with Gasteiger partial charge in [-0.2, -0.15) is 22.9 Å². The third-order valence-corrected chi connectivity index (χ3v) is 6.16. The molecule has 1 aromatic rings. The molecule has 25 heavy (non-hydrogen) atoms. The first-order chi connectivity index (χ1) is 11.9. The quantitative estimate of drug-likeness (QED) is 0.613. The molecule has 0 bridgehead atoms. The molecule has 1 saturated heterocycles. The minimum atomic E-state index is -4.73. The molecule has 0 N–H and O–H groups in total. The zero-order valence-corrected chi connectivity index (χ0v) is 14.1. The van der Waals surface area contributed by atoms with Gasteiger partial charge < -0.3 is 4.74 Å². The standard InChI is InChI=1S/C19H23F3O3/c20-19(21,22)18(15-9-3-1-4-10-15)23-17(24-25-18)14-8-7-13-16(17)11-5-2-6-12-16/h1,3-4,9-10H,2,5-8,11-14H2. The van der Waals surface area contributed by atoms with E-state index in [0.717, 1.165) is 51.4 Å². The molecule has 1 aromatic carbocycles. The van der Waals surface area contributed by atoms with Crippen molar-refractivity contribution in [3.05, 3.63) is 35.9 Å². The van der Waals surface area contributed by atoms with Crippen molar-refractivity contribution >= 4 is 0 Å². The summed E-state index contributed by atoms with van der Waals surface area (Å²) in [6.07, 6.45) is 3.10. The summed E-state index contributed by atoms with van der Waals surface area (Å²) in [5.41, 5.74) is -0.457. The molecule has 2 aliphatic carbocycles. The fourth-order valence-corrected chi connectivity index (χ4v) is 4.85. The van der Waals surface area contributed by atoms with Gasteiger partial charge in [0.1, 0.15) is 0 Å². The Morgan fingerprint density at radius 1 is 0.760 bits per heavy atom. The summed E-state index contributed by atoms with van der Waals surface area (Å²) in [4.78, 5) is 10.6. The number of ether oxygens (including phenoxy) is 1. The summed E-state index contributed by atoms with van der Waals surface area (Å²) in [5, 5.41) is 0. The summed E-state index contributed by atoms with van der Waals surface area (Å²) < 4.78 is 48.0. The van der Waals surface area contributed by atoms with Gasteiger partial charge in [-0.25, -0.2) is 0 Å². The highest BCUT2D eigenvalue weighted by atomic mass is 19.4. The highest BCUT2D eigenvalue weighted by molar-refractivity contribution is 5.23. The van der Waals surface area contributed by atoms with Crippen LogP contribution in [-0.2, 0) is 20.3 Å².